The van der Waals surface area contributed by atoms with Crippen molar-refractivity contribution in [2.75, 3.05) is 6.61 Å². The Kier molecular flexibility index (Phi) is 5.60. The van der Waals surface area contributed by atoms with Crippen molar-refractivity contribution in [2.24, 2.45) is 0 Å². The number of para-hydroxylation sites is 1. The maximum atomic E-state index is 10.4. The van der Waals surface area contributed by atoms with E-state index in [1.54, 1.807) is 0 Å². The number of ether oxygens (including phenoxy) is 2. The Labute approximate surface area is 197 Å². The quantitative estimate of drug-likeness (QED) is 0.608. The summed E-state index contributed by atoms with van der Waals surface area (Å²) in [6.45, 7) is 9.26. The van der Waals surface area contributed by atoms with Gasteiger partial charge in [0, 0.05) is 11.1 Å². The van der Waals surface area contributed by atoms with Crippen LogP contribution in [0, 0.1) is 0 Å². The third-order valence-electron chi connectivity index (χ3n) is 7.77. The standard InChI is InChI=1S/C28H37NO4/c1-25(2)18-22(30)19-26(3,4)29(25)33-27-13-15-28(16-14-27,31-20-27)21-9-8-12-24(17-21)32-23-10-6-5-7-11-23/h5-12,17,22,30H,13-16,18-20H2,1-4H3. The lowest BCUT2D eigenvalue weighted by Crippen LogP contribution is -2.66. The van der Waals surface area contributed by atoms with E-state index in [2.05, 4.69) is 51.0 Å². The van der Waals surface area contributed by atoms with Crippen LogP contribution in [0.4, 0.5) is 0 Å². The zero-order chi connectivity index (χ0) is 23.3. The Morgan fingerprint density at radius 2 is 1.48 bits per heavy atom. The number of fused-ring (bicyclic) bond motifs is 3. The Morgan fingerprint density at radius 1 is 0.848 bits per heavy atom. The molecule has 3 aliphatic heterocycles. The molecule has 0 amide bonds. The van der Waals surface area contributed by atoms with E-state index >= 15 is 0 Å². The lowest BCUT2D eigenvalue weighted by Gasteiger charge is -2.59. The average molecular weight is 452 g/mol. The summed E-state index contributed by atoms with van der Waals surface area (Å²) in [5.74, 6) is 1.68. The molecule has 0 spiro atoms. The number of hydroxylamine groups is 2. The summed E-state index contributed by atoms with van der Waals surface area (Å²) in [4.78, 5) is 6.84. The van der Waals surface area contributed by atoms with E-state index in [9.17, 15) is 5.11 Å². The van der Waals surface area contributed by atoms with Crippen molar-refractivity contribution in [1.82, 2.24) is 5.06 Å². The number of hydrogen-bond donors (Lipinski definition) is 1. The normalized spacial score (nSPS) is 31.4. The van der Waals surface area contributed by atoms with Gasteiger partial charge in [-0.05, 0) is 96.0 Å². The van der Waals surface area contributed by atoms with Crippen LogP contribution >= 0.6 is 0 Å². The van der Waals surface area contributed by atoms with Gasteiger partial charge in [0.1, 0.15) is 17.1 Å². The second-order valence-corrected chi connectivity index (χ2v) is 11.5. The van der Waals surface area contributed by atoms with E-state index in [0.717, 1.165) is 37.2 Å². The van der Waals surface area contributed by atoms with Crippen LogP contribution in [0.1, 0.15) is 71.8 Å². The smallest absolute Gasteiger partial charge is 0.127 e. The Hall–Kier alpha value is -1.92. The molecule has 0 aromatic heterocycles. The minimum absolute atomic E-state index is 0.231. The molecule has 2 aromatic rings. The van der Waals surface area contributed by atoms with Gasteiger partial charge in [0.05, 0.1) is 18.3 Å². The molecule has 1 aliphatic carbocycles. The van der Waals surface area contributed by atoms with Crippen LogP contribution in [-0.4, -0.2) is 39.6 Å². The summed E-state index contributed by atoms with van der Waals surface area (Å²) in [7, 11) is 0. The summed E-state index contributed by atoms with van der Waals surface area (Å²) in [6, 6.07) is 18.2. The average Bonchev–Trinajstić information content (AvgIpc) is 2.78. The maximum Gasteiger partial charge on any atom is 0.127 e. The summed E-state index contributed by atoms with van der Waals surface area (Å²) >= 11 is 0. The first-order valence-electron chi connectivity index (χ1n) is 12.3. The Morgan fingerprint density at radius 3 is 2.09 bits per heavy atom. The molecule has 178 valence electrons. The van der Waals surface area contributed by atoms with Gasteiger partial charge in [0.25, 0.3) is 0 Å². The zero-order valence-corrected chi connectivity index (χ0v) is 20.3. The molecule has 3 heterocycles. The largest absolute Gasteiger partial charge is 0.457 e. The van der Waals surface area contributed by atoms with E-state index in [4.69, 9.17) is 14.3 Å². The molecule has 1 saturated carbocycles. The van der Waals surface area contributed by atoms with E-state index < -0.39 is 0 Å². The SMILES string of the molecule is CC1(C)CC(O)CC(C)(C)N1OC12CCC(c3cccc(Oc4ccccc4)c3)(CC1)OC2. The predicted octanol–water partition coefficient (Wildman–Crippen LogP) is 5.96. The number of aliphatic hydroxyl groups excluding tert-OH is 1. The van der Waals surface area contributed by atoms with Gasteiger partial charge < -0.3 is 14.6 Å². The van der Waals surface area contributed by atoms with Crippen molar-refractivity contribution in [3.63, 3.8) is 0 Å². The van der Waals surface area contributed by atoms with Crippen LogP contribution in [0.2, 0.25) is 0 Å². The molecule has 3 saturated heterocycles. The molecular formula is C28H37NO4. The fraction of sp³-hybridized carbons (Fsp3) is 0.571. The second kappa shape index (κ2) is 8.09. The van der Waals surface area contributed by atoms with E-state index in [0.29, 0.717) is 19.4 Å². The molecule has 1 N–H and O–H groups in total. The van der Waals surface area contributed by atoms with Crippen LogP contribution in [0.15, 0.2) is 54.6 Å². The molecule has 5 nitrogen and oxygen atoms in total. The van der Waals surface area contributed by atoms with Gasteiger partial charge in [-0.2, -0.15) is 5.06 Å². The maximum absolute atomic E-state index is 10.4. The van der Waals surface area contributed by atoms with Gasteiger partial charge in [-0.1, -0.05) is 30.3 Å². The molecule has 6 rings (SSSR count). The molecule has 0 radical (unpaired) electrons. The third kappa shape index (κ3) is 4.32. The van der Waals surface area contributed by atoms with Gasteiger partial charge in [0.15, 0.2) is 0 Å². The molecular weight excluding hydrogens is 414 g/mol. The van der Waals surface area contributed by atoms with Crippen molar-refractivity contribution < 1.29 is 19.4 Å². The third-order valence-corrected chi connectivity index (χ3v) is 7.77. The van der Waals surface area contributed by atoms with E-state index in [1.807, 2.05) is 36.4 Å². The van der Waals surface area contributed by atoms with Crippen LogP contribution in [0.3, 0.4) is 0 Å². The van der Waals surface area contributed by atoms with Crippen LogP contribution in [0.5, 0.6) is 11.5 Å². The minimum atomic E-state index is -0.295. The highest BCUT2D eigenvalue weighted by Gasteiger charge is 2.56. The molecule has 2 bridgehead atoms. The van der Waals surface area contributed by atoms with Gasteiger partial charge in [-0.25, -0.2) is 0 Å². The number of benzene rings is 2. The topological polar surface area (TPSA) is 51.2 Å². The first kappa shape index (κ1) is 22.9. The Balaban J connectivity index is 1.31. The number of hydrogen-bond acceptors (Lipinski definition) is 5. The molecule has 5 heteroatoms. The first-order valence-corrected chi connectivity index (χ1v) is 12.3. The lowest BCUT2D eigenvalue weighted by atomic mass is 9.70. The van der Waals surface area contributed by atoms with Gasteiger partial charge in [-0.3, -0.25) is 4.84 Å². The first-order chi connectivity index (χ1) is 15.6. The van der Waals surface area contributed by atoms with Crippen LogP contribution in [-0.2, 0) is 15.2 Å². The number of rotatable bonds is 5. The summed E-state index contributed by atoms with van der Waals surface area (Å²) < 4.78 is 12.7. The van der Waals surface area contributed by atoms with Crippen molar-refractivity contribution >= 4 is 0 Å². The number of nitrogens with zero attached hydrogens (tertiary/aromatic N) is 1. The summed E-state index contributed by atoms with van der Waals surface area (Å²) in [5.41, 5.74) is 0.155. The number of aliphatic hydroxyl groups is 1. The lowest BCUT2D eigenvalue weighted by molar-refractivity contribution is -0.380. The highest BCUT2D eigenvalue weighted by molar-refractivity contribution is 5.37. The molecule has 33 heavy (non-hydrogen) atoms. The molecule has 4 aliphatic rings. The summed E-state index contributed by atoms with van der Waals surface area (Å²) in [5, 5.41) is 12.6. The fourth-order valence-electron chi connectivity index (χ4n) is 6.28. The van der Waals surface area contributed by atoms with Gasteiger partial charge in [-0.15, -0.1) is 0 Å². The highest BCUT2D eigenvalue weighted by atomic mass is 16.7. The van der Waals surface area contributed by atoms with E-state index in [-0.39, 0.29) is 28.4 Å². The van der Waals surface area contributed by atoms with Crippen molar-refractivity contribution in [2.45, 2.75) is 94.6 Å². The summed E-state index contributed by atoms with van der Waals surface area (Å²) in [6.07, 6.45) is 4.92. The van der Waals surface area contributed by atoms with E-state index in [1.165, 1.54) is 5.56 Å². The molecule has 4 fully saturated rings. The molecule has 2 aromatic carbocycles. The number of piperidine rings is 1. The minimum Gasteiger partial charge on any atom is -0.457 e. The van der Waals surface area contributed by atoms with Crippen LogP contribution < -0.4 is 4.74 Å². The van der Waals surface area contributed by atoms with Crippen LogP contribution in [0.25, 0.3) is 0 Å². The zero-order valence-electron chi connectivity index (χ0n) is 20.3. The predicted molar refractivity (Wildman–Crippen MR) is 128 cm³/mol. The Bertz CT molecular complexity index is 944. The molecule has 0 unspecified atom stereocenters. The second-order valence-electron chi connectivity index (χ2n) is 11.5. The van der Waals surface area contributed by atoms with Gasteiger partial charge >= 0.3 is 0 Å². The van der Waals surface area contributed by atoms with Crippen molar-refractivity contribution in [3.05, 3.63) is 60.2 Å². The van der Waals surface area contributed by atoms with Crippen molar-refractivity contribution in [3.8, 4) is 11.5 Å². The van der Waals surface area contributed by atoms with Gasteiger partial charge in [0.2, 0.25) is 0 Å². The molecule has 0 atom stereocenters. The highest BCUT2D eigenvalue weighted by Crippen LogP contribution is 2.53. The van der Waals surface area contributed by atoms with Crippen molar-refractivity contribution in [1.29, 1.82) is 0 Å². The monoisotopic (exact) mass is 451 g/mol. The fourth-order valence-corrected chi connectivity index (χ4v) is 6.28.